The third kappa shape index (κ3) is 6.34. The highest BCUT2D eigenvalue weighted by Gasteiger charge is 2.43. The Labute approximate surface area is 234 Å². The number of methoxy groups -OCH3 is 1. The molecule has 0 fully saturated rings. The monoisotopic (exact) mass is 563 g/mol. The number of carbonyl (C=O) groups is 3. The highest BCUT2D eigenvalue weighted by atomic mass is 32.2. The summed E-state index contributed by atoms with van der Waals surface area (Å²) in [7, 11) is -2.70. The molecule has 1 aliphatic heterocycles. The van der Waals surface area contributed by atoms with Gasteiger partial charge in [-0.1, -0.05) is 54.6 Å². The minimum atomic E-state index is -4.23. The number of nitrogens with one attached hydrogen (secondary N) is 1. The van der Waals surface area contributed by atoms with Crippen molar-refractivity contribution >= 4 is 27.7 Å². The van der Waals surface area contributed by atoms with Crippen LogP contribution < -0.4 is 10.1 Å². The summed E-state index contributed by atoms with van der Waals surface area (Å²) in [5.74, 6) is -1.29. The summed E-state index contributed by atoms with van der Waals surface area (Å²) in [5.41, 5.74) is 0.915. The Hall–Kier alpha value is -4.18. The number of benzene rings is 3. The number of amides is 3. The SMILES string of the molecule is COc1cccc(CN(C(=O)CN2C(=O)c3ccccc3S2(=O)=O)[C@@H](Cc2ccccc2)C(=O)NC(C)(C)C)c1. The maximum atomic E-state index is 14.0. The normalized spacial score (nSPS) is 14.8. The summed E-state index contributed by atoms with van der Waals surface area (Å²) in [5, 5.41) is 2.96. The Bertz CT molecular complexity index is 1520. The third-order valence-corrected chi connectivity index (χ3v) is 8.23. The molecule has 0 unspecified atom stereocenters. The first-order valence-electron chi connectivity index (χ1n) is 12.8. The van der Waals surface area contributed by atoms with E-state index < -0.39 is 45.9 Å². The fourth-order valence-corrected chi connectivity index (χ4v) is 6.09. The predicted molar refractivity (Wildman–Crippen MR) is 150 cm³/mol. The van der Waals surface area contributed by atoms with Crippen molar-refractivity contribution in [3.05, 3.63) is 95.6 Å². The minimum absolute atomic E-state index is 0.0138. The summed E-state index contributed by atoms with van der Waals surface area (Å²) in [6.45, 7) is 4.76. The molecule has 4 rings (SSSR count). The molecule has 0 radical (unpaired) electrons. The van der Waals surface area contributed by atoms with E-state index in [1.807, 2.05) is 51.1 Å². The molecular formula is C30H33N3O6S. The molecule has 0 saturated carbocycles. The molecule has 3 amide bonds. The molecule has 210 valence electrons. The van der Waals surface area contributed by atoms with Crippen LogP contribution in [0.4, 0.5) is 0 Å². The zero-order chi connectivity index (χ0) is 29.1. The van der Waals surface area contributed by atoms with E-state index in [1.54, 1.807) is 30.3 Å². The van der Waals surface area contributed by atoms with Gasteiger partial charge in [-0.3, -0.25) is 14.4 Å². The minimum Gasteiger partial charge on any atom is -0.497 e. The lowest BCUT2D eigenvalue weighted by Gasteiger charge is -2.34. The summed E-state index contributed by atoms with van der Waals surface area (Å²) in [6.07, 6.45) is 0.180. The number of fused-ring (bicyclic) bond motifs is 1. The Morgan fingerprint density at radius 2 is 1.60 bits per heavy atom. The molecule has 0 spiro atoms. The third-order valence-electron chi connectivity index (χ3n) is 6.45. The number of carbonyl (C=O) groups excluding carboxylic acids is 3. The average Bonchev–Trinajstić information content (AvgIpc) is 3.11. The molecule has 0 aromatic heterocycles. The van der Waals surface area contributed by atoms with Crippen molar-refractivity contribution in [2.75, 3.05) is 13.7 Å². The van der Waals surface area contributed by atoms with Gasteiger partial charge in [0.25, 0.3) is 15.9 Å². The van der Waals surface area contributed by atoms with E-state index in [9.17, 15) is 22.8 Å². The Balaban J connectivity index is 1.74. The van der Waals surface area contributed by atoms with Crippen molar-refractivity contribution in [2.24, 2.45) is 0 Å². The highest BCUT2D eigenvalue weighted by Crippen LogP contribution is 2.30. The predicted octanol–water partition coefficient (Wildman–Crippen LogP) is 3.39. The zero-order valence-corrected chi connectivity index (χ0v) is 23.8. The van der Waals surface area contributed by atoms with Crippen LogP contribution in [-0.2, 0) is 32.6 Å². The summed E-state index contributed by atoms with van der Waals surface area (Å²) in [6, 6.07) is 21.2. The van der Waals surface area contributed by atoms with Crippen LogP contribution in [0.1, 0.15) is 42.3 Å². The molecule has 0 saturated heterocycles. The van der Waals surface area contributed by atoms with Crippen molar-refractivity contribution in [1.29, 1.82) is 0 Å². The van der Waals surface area contributed by atoms with E-state index in [0.717, 1.165) is 5.56 Å². The lowest BCUT2D eigenvalue weighted by molar-refractivity contribution is -0.141. The van der Waals surface area contributed by atoms with Gasteiger partial charge < -0.3 is 15.0 Å². The fraction of sp³-hybridized carbons (Fsp3) is 0.300. The summed E-state index contributed by atoms with van der Waals surface area (Å²) >= 11 is 0. The second-order valence-corrected chi connectivity index (χ2v) is 12.5. The van der Waals surface area contributed by atoms with Crippen LogP contribution in [0.25, 0.3) is 0 Å². The molecule has 3 aromatic rings. The van der Waals surface area contributed by atoms with Crippen molar-refractivity contribution in [3.63, 3.8) is 0 Å². The quantitative estimate of drug-likeness (QED) is 0.427. The summed E-state index contributed by atoms with van der Waals surface area (Å²) < 4.78 is 32.4. The number of sulfonamides is 1. The van der Waals surface area contributed by atoms with Crippen LogP contribution in [0.5, 0.6) is 5.75 Å². The smallest absolute Gasteiger partial charge is 0.269 e. The largest absolute Gasteiger partial charge is 0.497 e. The first kappa shape index (κ1) is 28.8. The number of nitrogens with zero attached hydrogens (tertiary/aromatic N) is 2. The standard InChI is InChI=1S/C30H33N3O6S/c1-30(2,3)31-28(35)25(18-21-11-6-5-7-12-21)32(19-22-13-10-14-23(17-22)39-4)27(34)20-33-29(36)24-15-8-9-16-26(24)40(33,37)38/h5-17,25H,18-20H2,1-4H3,(H,31,35)/t25-/m0/s1. The molecule has 3 aromatic carbocycles. The molecule has 10 heteroatoms. The van der Waals surface area contributed by atoms with Gasteiger partial charge >= 0.3 is 0 Å². The van der Waals surface area contributed by atoms with Crippen LogP contribution in [-0.4, -0.2) is 60.6 Å². The molecule has 9 nitrogen and oxygen atoms in total. The number of hydrogen-bond donors (Lipinski definition) is 1. The molecular weight excluding hydrogens is 530 g/mol. The van der Waals surface area contributed by atoms with Crippen molar-refractivity contribution in [2.45, 2.75) is 50.2 Å². The molecule has 1 heterocycles. The summed E-state index contributed by atoms with van der Waals surface area (Å²) in [4.78, 5) is 42.0. The first-order valence-corrected chi connectivity index (χ1v) is 14.3. The molecule has 1 N–H and O–H groups in total. The van der Waals surface area contributed by atoms with Crippen molar-refractivity contribution in [1.82, 2.24) is 14.5 Å². The maximum Gasteiger partial charge on any atom is 0.269 e. The topological polar surface area (TPSA) is 113 Å². The van der Waals surface area contributed by atoms with Crippen LogP contribution in [0.2, 0.25) is 0 Å². The van der Waals surface area contributed by atoms with E-state index in [1.165, 1.54) is 30.2 Å². The van der Waals surface area contributed by atoms with Crippen LogP contribution in [0.15, 0.2) is 83.8 Å². The van der Waals surface area contributed by atoms with Gasteiger partial charge in [0.2, 0.25) is 11.8 Å². The van der Waals surface area contributed by atoms with E-state index in [4.69, 9.17) is 4.74 Å². The number of rotatable bonds is 9. The van der Waals surface area contributed by atoms with Gasteiger partial charge in [-0.25, -0.2) is 12.7 Å². The van der Waals surface area contributed by atoms with Gasteiger partial charge in [0.05, 0.1) is 12.7 Å². The Morgan fingerprint density at radius 1 is 0.950 bits per heavy atom. The van der Waals surface area contributed by atoms with E-state index in [2.05, 4.69) is 5.32 Å². The Morgan fingerprint density at radius 3 is 2.25 bits per heavy atom. The molecule has 0 bridgehead atoms. The lowest BCUT2D eigenvalue weighted by atomic mass is 10.0. The van der Waals surface area contributed by atoms with E-state index >= 15 is 0 Å². The van der Waals surface area contributed by atoms with Crippen LogP contribution in [0, 0.1) is 0 Å². The fourth-order valence-electron chi connectivity index (χ4n) is 4.58. The second-order valence-electron chi connectivity index (χ2n) is 10.6. The molecule has 0 aliphatic carbocycles. The van der Waals surface area contributed by atoms with Gasteiger partial charge in [0.1, 0.15) is 23.2 Å². The van der Waals surface area contributed by atoms with Crippen molar-refractivity contribution < 1.29 is 27.5 Å². The van der Waals surface area contributed by atoms with Crippen LogP contribution in [0.3, 0.4) is 0 Å². The lowest BCUT2D eigenvalue weighted by Crippen LogP contribution is -2.56. The highest BCUT2D eigenvalue weighted by molar-refractivity contribution is 7.90. The first-order chi connectivity index (χ1) is 18.9. The van der Waals surface area contributed by atoms with Gasteiger partial charge in [-0.2, -0.15) is 0 Å². The Kier molecular flexibility index (Phi) is 8.29. The number of ether oxygens (including phenoxy) is 1. The second kappa shape index (κ2) is 11.5. The molecule has 1 atom stereocenters. The van der Waals surface area contributed by atoms with E-state index in [-0.39, 0.29) is 23.4 Å². The van der Waals surface area contributed by atoms with Crippen LogP contribution >= 0.6 is 0 Å². The molecule has 1 aliphatic rings. The van der Waals surface area contributed by atoms with Gasteiger partial charge in [-0.05, 0) is 56.2 Å². The van der Waals surface area contributed by atoms with Crippen molar-refractivity contribution in [3.8, 4) is 5.75 Å². The van der Waals surface area contributed by atoms with Gasteiger partial charge in [0, 0.05) is 18.5 Å². The van der Waals surface area contributed by atoms with Gasteiger partial charge in [-0.15, -0.1) is 0 Å². The average molecular weight is 564 g/mol. The van der Waals surface area contributed by atoms with E-state index in [0.29, 0.717) is 15.6 Å². The number of hydrogen-bond acceptors (Lipinski definition) is 6. The van der Waals surface area contributed by atoms with Gasteiger partial charge in [0.15, 0.2) is 0 Å². The maximum absolute atomic E-state index is 14.0. The molecule has 40 heavy (non-hydrogen) atoms. The zero-order valence-electron chi connectivity index (χ0n) is 23.0.